The summed E-state index contributed by atoms with van der Waals surface area (Å²) in [6, 6.07) is 3.90. The standard InChI is InChI=1S/C11H11ClN2O6/c12-7-3-1-2-6(9(7)14(19)20)10(16)13-5-4-8(15)11(17)18/h1-3,8,15H,4-5H2,(H,13,16)(H,17,18)/t8-/m0/s1. The number of carbonyl (C=O) groups is 2. The lowest BCUT2D eigenvalue weighted by atomic mass is 10.1. The first-order valence-corrected chi connectivity index (χ1v) is 5.84. The highest BCUT2D eigenvalue weighted by Gasteiger charge is 2.23. The monoisotopic (exact) mass is 302 g/mol. The van der Waals surface area contributed by atoms with Gasteiger partial charge in [-0.2, -0.15) is 0 Å². The third-order valence-corrected chi connectivity index (χ3v) is 2.71. The third-order valence-electron chi connectivity index (χ3n) is 2.40. The van der Waals surface area contributed by atoms with Crippen LogP contribution in [0.15, 0.2) is 18.2 Å². The zero-order valence-corrected chi connectivity index (χ0v) is 10.8. The van der Waals surface area contributed by atoms with Crippen LogP contribution in [0.3, 0.4) is 0 Å². The molecule has 3 N–H and O–H groups in total. The molecule has 0 fully saturated rings. The number of carboxylic acids is 1. The van der Waals surface area contributed by atoms with E-state index in [4.69, 9.17) is 21.8 Å². The number of hydrogen-bond acceptors (Lipinski definition) is 5. The first kappa shape index (κ1) is 15.9. The fourth-order valence-electron chi connectivity index (χ4n) is 1.43. The summed E-state index contributed by atoms with van der Waals surface area (Å²) in [7, 11) is 0. The summed E-state index contributed by atoms with van der Waals surface area (Å²) in [6.45, 7) is -0.143. The molecule has 8 nitrogen and oxygen atoms in total. The van der Waals surface area contributed by atoms with Gasteiger partial charge in [0.05, 0.1) is 4.92 Å². The number of rotatable bonds is 6. The molecule has 0 bridgehead atoms. The first-order valence-electron chi connectivity index (χ1n) is 5.46. The van der Waals surface area contributed by atoms with Crippen LogP contribution >= 0.6 is 11.6 Å². The largest absolute Gasteiger partial charge is 0.479 e. The summed E-state index contributed by atoms with van der Waals surface area (Å²) < 4.78 is 0. The minimum Gasteiger partial charge on any atom is -0.479 e. The van der Waals surface area contributed by atoms with E-state index in [1.165, 1.54) is 18.2 Å². The van der Waals surface area contributed by atoms with Crippen molar-refractivity contribution in [3.8, 4) is 0 Å². The molecule has 0 radical (unpaired) electrons. The number of benzene rings is 1. The van der Waals surface area contributed by atoms with Crippen LogP contribution in [0.5, 0.6) is 0 Å². The SMILES string of the molecule is O=C(NCC[C@H](O)C(=O)O)c1cccc(Cl)c1[N+](=O)[O-]. The molecular weight excluding hydrogens is 292 g/mol. The maximum Gasteiger partial charge on any atom is 0.332 e. The van der Waals surface area contributed by atoms with Gasteiger partial charge < -0.3 is 15.5 Å². The molecule has 1 aromatic rings. The fraction of sp³-hybridized carbons (Fsp3) is 0.273. The van der Waals surface area contributed by atoms with Crippen LogP contribution in [0.1, 0.15) is 16.8 Å². The third kappa shape index (κ3) is 3.90. The molecule has 9 heteroatoms. The van der Waals surface area contributed by atoms with Gasteiger partial charge in [-0.1, -0.05) is 17.7 Å². The lowest BCUT2D eigenvalue weighted by Crippen LogP contribution is -2.30. The predicted molar refractivity (Wildman–Crippen MR) is 68.7 cm³/mol. The molecule has 108 valence electrons. The smallest absolute Gasteiger partial charge is 0.332 e. The number of nitrogens with zero attached hydrogens (tertiary/aromatic N) is 1. The Balaban J connectivity index is 2.76. The summed E-state index contributed by atoms with van der Waals surface area (Å²) in [6.07, 6.45) is -1.82. The number of nitrogens with one attached hydrogen (secondary N) is 1. The molecule has 0 aromatic heterocycles. The van der Waals surface area contributed by atoms with Crippen LogP contribution in [-0.2, 0) is 4.79 Å². The summed E-state index contributed by atoms with van der Waals surface area (Å²) in [4.78, 5) is 32.2. The predicted octanol–water partition coefficient (Wildman–Crippen LogP) is 0.814. The van der Waals surface area contributed by atoms with Crippen LogP contribution in [0.4, 0.5) is 5.69 Å². The Bertz CT molecular complexity index is 548. The molecule has 0 spiro atoms. The maximum absolute atomic E-state index is 11.8. The van der Waals surface area contributed by atoms with E-state index < -0.39 is 28.6 Å². The van der Waals surface area contributed by atoms with E-state index in [1.54, 1.807) is 0 Å². The molecule has 0 aliphatic carbocycles. The lowest BCUT2D eigenvalue weighted by molar-refractivity contribution is -0.385. The number of carboxylic acid groups (broad SMARTS) is 1. The van der Waals surface area contributed by atoms with Crippen LogP contribution < -0.4 is 5.32 Å². The van der Waals surface area contributed by atoms with Gasteiger partial charge in [0, 0.05) is 13.0 Å². The van der Waals surface area contributed by atoms with Crippen molar-refractivity contribution in [1.82, 2.24) is 5.32 Å². The number of carbonyl (C=O) groups excluding carboxylic acids is 1. The van der Waals surface area contributed by atoms with Crippen molar-refractivity contribution in [3.05, 3.63) is 38.9 Å². The van der Waals surface area contributed by atoms with Crippen molar-refractivity contribution < 1.29 is 24.7 Å². The molecule has 1 atom stereocenters. The number of aliphatic hydroxyl groups excluding tert-OH is 1. The van der Waals surface area contributed by atoms with Gasteiger partial charge in [-0.15, -0.1) is 0 Å². The Hall–Kier alpha value is -2.19. The summed E-state index contributed by atoms with van der Waals surface area (Å²) in [5.41, 5.74) is -0.752. The highest BCUT2D eigenvalue weighted by molar-refractivity contribution is 6.33. The first-order chi connectivity index (χ1) is 9.34. The van der Waals surface area contributed by atoms with Gasteiger partial charge in [-0.3, -0.25) is 14.9 Å². The molecule has 1 rings (SSSR count). The number of para-hydroxylation sites is 1. The van der Waals surface area contributed by atoms with E-state index in [-0.39, 0.29) is 23.6 Å². The van der Waals surface area contributed by atoms with Crippen molar-refractivity contribution in [2.24, 2.45) is 0 Å². The Kier molecular flexibility index (Phi) is 5.42. The minimum absolute atomic E-state index is 0.143. The number of nitro benzene ring substituents is 1. The van der Waals surface area contributed by atoms with Crippen molar-refractivity contribution in [3.63, 3.8) is 0 Å². The average molecular weight is 303 g/mol. The molecule has 0 aliphatic rings. The van der Waals surface area contributed by atoms with E-state index in [0.717, 1.165) is 0 Å². The summed E-state index contributed by atoms with van der Waals surface area (Å²) >= 11 is 5.66. The Labute approximate surface area is 118 Å². The second kappa shape index (κ2) is 6.83. The molecule has 1 amide bonds. The van der Waals surface area contributed by atoms with E-state index in [2.05, 4.69) is 5.32 Å². The molecule has 0 saturated heterocycles. The number of nitro groups is 1. The minimum atomic E-state index is -1.61. The Morgan fingerprint density at radius 3 is 2.65 bits per heavy atom. The van der Waals surface area contributed by atoms with Crippen molar-refractivity contribution in [2.45, 2.75) is 12.5 Å². The van der Waals surface area contributed by atoms with E-state index >= 15 is 0 Å². The van der Waals surface area contributed by atoms with Gasteiger partial charge >= 0.3 is 11.7 Å². The number of amides is 1. The van der Waals surface area contributed by atoms with Gasteiger partial charge in [0.1, 0.15) is 10.6 Å². The number of aliphatic hydroxyl groups is 1. The molecule has 20 heavy (non-hydrogen) atoms. The van der Waals surface area contributed by atoms with Crippen molar-refractivity contribution in [2.75, 3.05) is 6.54 Å². The number of hydrogen-bond donors (Lipinski definition) is 3. The highest BCUT2D eigenvalue weighted by atomic mass is 35.5. The van der Waals surface area contributed by atoms with Gasteiger partial charge in [0.15, 0.2) is 6.10 Å². The van der Waals surface area contributed by atoms with Gasteiger partial charge in [-0.25, -0.2) is 4.79 Å². The fourth-order valence-corrected chi connectivity index (χ4v) is 1.67. The molecule has 0 saturated carbocycles. The van der Waals surface area contributed by atoms with Crippen LogP contribution in [-0.4, -0.2) is 39.7 Å². The van der Waals surface area contributed by atoms with Gasteiger partial charge in [0.25, 0.3) is 5.91 Å². The van der Waals surface area contributed by atoms with Crippen molar-refractivity contribution >= 4 is 29.2 Å². The van der Waals surface area contributed by atoms with Crippen LogP contribution in [0, 0.1) is 10.1 Å². The van der Waals surface area contributed by atoms with Crippen LogP contribution in [0.2, 0.25) is 5.02 Å². The average Bonchev–Trinajstić information content (AvgIpc) is 2.37. The molecule has 0 aliphatic heterocycles. The van der Waals surface area contributed by atoms with E-state index in [0.29, 0.717) is 0 Å². The van der Waals surface area contributed by atoms with Gasteiger partial charge in [-0.05, 0) is 12.1 Å². The van der Waals surface area contributed by atoms with Crippen molar-refractivity contribution in [1.29, 1.82) is 0 Å². The number of halogens is 1. The summed E-state index contributed by atoms with van der Waals surface area (Å²) in [5, 5.41) is 30.4. The van der Waals surface area contributed by atoms with E-state index in [9.17, 15) is 19.7 Å². The van der Waals surface area contributed by atoms with Gasteiger partial charge in [0.2, 0.25) is 0 Å². The molecule has 0 heterocycles. The quantitative estimate of drug-likeness (QED) is 0.526. The maximum atomic E-state index is 11.8. The molecule has 0 unspecified atom stereocenters. The normalized spacial score (nSPS) is 11.7. The Morgan fingerprint density at radius 1 is 1.45 bits per heavy atom. The lowest BCUT2D eigenvalue weighted by Gasteiger charge is -2.08. The summed E-state index contributed by atoms with van der Waals surface area (Å²) in [5.74, 6) is -2.18. The highest BCUT2D eigenvalue weighted by Crippen LogP contribution is 2.27. The second-order valence-electron chi connectivity index (χ2n) is 3.79. The van der Waals surface area contributed by atoms with Crippen LogP contribution in [0.25, 0.3) is 0 Å². The number of aliphatic carboxylic acids is 1. The Morgan fingerprint density at radius 2 is 2.10 bits per heavy atom. The topological polar surface area (TPSA) is 130 Å². The second-order valence-corrected chi connectivity index (χ2v) is 4.20. The van der Waals surface area contributed by atoms with E-state index in [1.807, 2.05) is 0 Å². The zero-order valence-electron chi connectivity index (χ0n) is 10.1. The zero-order chi connectivity index (χ0) is 15.3. The molecule has 1 aromatic carbocycles. The molecular formula is C11H11ClN2O6.